The first kappa shape index (κ1) is 14.5. The molecule has 0 bridgehead atoms. The Labute approximate surface area is 146 Å². The molecule has 0 radical (unpaired) electrons. The van der Waals surface area contributed by atoms with Crippen LogP contribution in [0.3, 0.4) is 0 Å². The number of hydrogen-bond acceptors (Lipinski definition) is 1. The molecular formula is C23H19NO. The Hall–Kier alpha value is -2.87. The Morgan fingerprint density at radius 1 is 0.880 bits per heavy atom. The molecule has 1 aromatic heterocycles. The number of benzene rings is 3. The quantitative estimate of drug-likeness (QED) is 0.473. The van der Waals surface area contributed by atoms with E-state index in [9.17, 15) is 4.79 Å². The fourth-order valence-electron chi connectivity index (χ4n) is 4.45. The lowest BCUT2D eigenvalue weighted by atomic mass is 9.93. The summed E-state index contributed by atoms with van der Waals surface area (Å²) in [4.78, 5) is 13.2. The van der Waals surface area contributed by atoms with Gasteiger partial charge in [0.05, 0.1) is 5.52 Å². The lowest BCUT2D eigenvalue weighted by Gasteiger charge is -2.11. The molecule has 5 rings (SSSR count). The molecule has 1 heterocycles. The Kier molecular flexibility index (Phi) is 3.08. The number of ketones is 1. The number of carbonyl (C=O) groups is 1. The van der Waals surface area contributed by atoms with Crippen LogP contribution in [0.2, 0.25) is 0 Å². The van der Waals surface area contributed by atoms with Crippen molar-refractivity contribution < 1.29 is 4.79 Å². The zero-order valence-corrected chi connectivity index (χ0v) is 14.3. The van der Waals surface area contributed by atoms with E-state index < -0.39 is 0 Å². The summed E-state index contributed by atoms with van der Waals surface area (Å²) in [5.41, 5.74) is 5.71. The smallest absolute Gasteiger partial charge is 0.195 e. The van der Waals surface area contributed by atoms with Crippen molar-refractivity contribution >= 4 is 27.5 Å². The van der Waals surface area contributed by atoms with Crippen LogP contribution in [0.15, 0.2) is 60.8 Å². The van der Waals surface area contributed by atoms with Gasteiger partial charge in [0.1, 0.15) is 0 Å². The summed E-state index contributed by atoms with van der Waals surface area (Å²) in [6, 6.07) is 18.2. The van der Waals surface area contributed by atoms with Crippen molar-refractivity contribution in [3.63, 3.8) is 0 Å². The third kappa shape index (κ3) is 2.00. The van der Waals surface area contributed by atoms with E-state index in [2.05, 4.69) is 35.9 Å². The molecule has 0 atom stereocenters. The third-order valence-corrected chi connectivity index (χ3v) is 5.49. The molecule has 122 valence electrons. The van der Waals surface area contributed by atoms with Gasteiger partial charge in [0.2, 0.25) is 0 Å². The van der Waals surface area contributed by atoms with Crippen LogP contribution >= 0.6 is 0 Å². The van der Waals surface area contributed by atoms with Crippen molar-refractivity contribution in [3.05, 3.63) is 83.0 Å². The number of rotatable bonds is 2. The van der Waals surface area contributed by atoms with Gasteiger partial charge in [0.25, 0.3) is 0 Å². The first-order valence-electron chi connectivity index (χ1n) is 8.87. The van der Waals surface area contributed by atoms with E-state index in [0.29, 0.717) is 0 Å². The fraction of sp³-hybridized carbons (Fsp3) is 0.174. The molecule has 4 aromatic rings. The van der Waals surface area contributed by atoms with Gasteiger partial charge in [0, 0.05) is 29.8 Å². The Morgan fingerprint density at radius 3 is 2.36 bits per heavy atom. The first-order chi connectivity index (χ1) is 12.3. The summed E-state index contributed by atoms with van der Waals surface area (Å²) in [7, 11) is 2.07. The van der Waals surface area contributed by atoms with E-state index in [4.69, 9.17) is 0 Å². The lowest BCUT2D eigenvalue weighted by molar-refractivity contribution is 0.104. The molecule has 3 aromatic carbocycles. The average molecular weight is 325 g/mol. The van der Waals surface area contributed by atoms with Crippen molar-refractivity contribution in [1.82, 2.24) is 4.57 Å². The molecule has 0 unspecified atom stereocenters. The Morgan fingerprint density at radius 2 is 1.56 bits per heavy atom. The zero-order valence-electron chi connectivity index (χ0n) is 14.3. The zero-order chi connectivity index (χ0) is 17.0. The topological polar surface area (TPSA) is 22.0 Å². The van der Waals surface area contributed by atoms with E-state index in [1.807, 2.05) is 36.5 Å². The van der Waals surface area contributed by atoms with Crippen molar-refractivity contribution in [3.8, 4) is 0 Å². The van der Waals surface area contributed by atoms with Crippen LogP contribution < -0.4 is 0 Å². The van der Waals surface area contributed by atoms with Gasteiger partial charge in [-0.3, -0.25) is 4.79 Å². The minimum atomic E-state index is 0.106. The second kappa shape index (κ2) is 5.32. The van der Waals surface area contributed by atoms with Crippen LogP contribution in [-0.4, -0.2) is 10.4 Å². The van der Waals surface area contributed by atoms with Gasteiger partial charge in [-0.1, -0.05) is 54.6 Å². The summed E-state index contributed by atoms with van der Waals surface area (Å²) < 4.78 is 2.15. The highest BCUT2D eigenvalue weighted by Crippen LogP contribution is 2.40. The molecule has 25 heavy (non-hydrogen) atoms. The van der Waals surface area contributed by atoms with E-state index in [0.717, 1.165) is 29.4 Å². The summed E-state index contributed by atoms with van der Waals surface area (Å²) >= 11 is 0. The molecule has 0 spiro atoms. The molecule has 0 amide bonds. The minimum absolute atomic E-state index is 0.106. The highest BCUT2D eigenvalue weighted by atomic mass is 16.1. The number of carbonyl (C=O) groups excluding carboxylic acids is 1. The van der Waals surface area contributed by atoms with Crippen molar-refractivity contribution in [2.24, 2.45) is 7.05 Å². The summed E-state index contributed by atoms with van der Waals surface area (Å²) in [6.07, 6.45) is 5.46. The van der Waals surface area contributed by atoms with Crippen LogP contribution in [-0.2, 0) is 19.9 Å². The monoisotopic (exact) mass is 325 g/mol. The standard InChI is InChI=1S/C23H19NO/c1-24-14-20(23(25)15-8-3-2-4-9-15)21-18-11-6-5-10-16(18)17-12-7-13-19(17)22(21)24/h2-6,8-11,14H,7,12-13H2,1H3. The molecule has 0 saturated carbocycles. The van der Waals surface area contributed by atoms with Crippen LogP contribution in [0.25, 0.3) is 21.7 Å². The lowest BCUT2D eigenvalue weighted by Crippen LogP contribution is -2.00. The highest BCUT2D eigenvalue weighted by Gasteiger charge is 2.25. The third-order valence-electron chi connectivity index (χ3n) is 5.49. The van der Waals surface area contributed by atoms with Crippen LogP contribution in [0, 0.1) is 0 Å². The van der Waals surface area contributed by atoms with Crippen molar-refractivity contribution in [1.29, 1.82) is 0 Å². The maximum absolute atomic E-state index is 13.2. The van der Waals surface area contributed by atoms with Gasteiger partial charge in [0.15, 0.2) is 5.78 Å². The normalized spacial score (nSPS) is 13.5. The van der Waals surface area contributed by atoms with E-state index >= 15 is 0 Å². The van der Waals surface area contributed by atoms with E-state index in [1.54, 1.807) is 0 Å². The van der Waals surface area contributed by atoms with Gasteiger partial charge >= 0.3 is 0 Å². The highest BCUT2D eigenvalue weighted by molar-refractivity contribution is 6.23. The van der Waals surface area contributed by atoms with Crippen molar-refractivity contribution in [2.45, 2.75) is 19.3 Å². The van der Waals surface area contributed by atoms with E-state index in [-0.39, 0.29) is 5.78 Å². The molecule has 0 N–H and O–H groups in total. The summed E-state index contributed by atoms with van der Waals surface area (Å²) in [6.45, 7) is 0. The molecule has 1 aliphatic rings. The van der Waals surface area contributed by atoms with Gasteiger partial charge in [-0.15, -0.1) is 0 Å². The molecule has 0 saturated heterocycles. The summed E-state index contributed by atoms with van der Waals surface area (Å²) in [5, 5.41) is 3.64. The maximum atomic E-state index is 13.2. The van der Waals surface area contributed by atoms with Crippen molar-refractivity contribution in [2.75, 3.05) is 0 Å². The fourth-order valence-corrected chi connectivity index (χ4v) is 4.45. The Balaban J connectivity index is 1.91. The van der Waals surface area contributed by atoms with Crippen LogP contribution in [0.5, 0.6) is 0 Å². The first-order valence-corrected chi connectivity index (χ1v) is 8.87. The second-order valence-electron chi connectivity index (χ2n) is 6.93. The molecule has 1 aliphatic carbocycles. The van der Waals surface area contributed by atoms with Gasteiger partial charge < -0.3 is 4.57 Å². The summed E-state index contributed by atoms with van der Waals surface area (Å²) in [5.74, 6) is 0.106. The number of aromatic nitrogens is 1. The van der Waals surface area contributed by atoms with E-state index in [1.165, 1.54) is 33.8 Å². The number of aryl methyl sites for hydroxylation is 3. The molecule has 2 heteroatoms. The molecule has 2 nitrogen and oxygen atoms in total. The van der Waals surface area contributed by atoms with Gasteiger partial charge in [-0.2, -0.15) is 0 Å². The molecule has 0 aliphatic heterocycles. The van der Waals surface area contributed by atoms with Crippen LogP contribution in [0.1, 0.15) is 33.5 Å². The minimum Gasteiger partial charge on any atom is -0.350 e. The maximum Gasteiger partial charge on any atom is 0.195 e. The number of hydrogen-bond donors (Lipinski definition) is 0. The predicted octanol–water partition coefficient (Wildman–Crippen LogP) is 5.05. The number of nitrogens with zero attached hydrogens (tertiary/aromatic N) is 1. The van der Waals surface area contributed by atoms with Gasteiger partial charge in [-0.05, 0) is 41.2 Å². The average Bonchev–Trinajstić information content (AvgIpc) is 3.27. The molecule has 0 fully saturated rings. The largest absolute Gasteiger partial charge is 0.350 e. The van der Waals surface area contributed by atoms with Crippen LogP contribution in [0.4, 0.5) is 0 Å². The van der Waals surface area contributed by atoms with Gasteiger partial charge in [-0.25, -0.2) is 0 Å². The SMILES string of the molecule is Cn1cc(C(=O)c2ccccc2)c2c3ccccc3c3c(c21)CCC3. The predicted molar refractivity (Wildman–Crippen MR) is 102 cm³/mol. The Bertz CT molecular complexity index is 1140. The number of fused-ring (bicyclic) bond motifs is 6. The second-order valence-corrected chi connectivity index (χ2v) is 6.93. The molecular weight excluding hydrogens is 306 g/mol.